The third-order valence-corrected chi connectivity index (χ3v) is 9.51. The summed E-state index contributed by atoms with van der Waals surface area (Å²) in [4.78, 5) is 44.5. The molecule has 2 aliphatic heterocycles. The van der Waals surface area contributed by atoms with Crippen molar-refractivity contribution in [3.63, 3.8) is 0 Å². The van der Waals surface area contributed by atoms with Gasteiger partial charge >= 0.3 is 0 Å². The highest BCUT2D eigenvalue weighted by molar-refractivity contribution is 6.29. The number of ether oxygens (including phenoxy) is 2. The lowest BCUT2D eigenvalue weighted by atomic mass is 10.2. The average Bonchev–Trinajstić information content (AvgIpc) is 3.78. The minimum Gasteiger partial charge on any atom is -0.399 e. The van der Waals surface area contributed by atoms with Crippen molar-refractivity contribution in [1.82, 2.24) is 39.5 Å². The number of hydrogen-bond acceptors (Lipinski definition) is 14. The van der Waals surface area contributed by atoms with Crippen molar-refractivity contribution in [3.05, 3.63) is 112 Å². The fourth-order valence-electron chi connectivity index (χ4n) is 6.35. The van der Waals surface area contributed by atoms with Crippen molar-refractivity contribution in [3.8, 4) is 11.9 Å². The first-order valence-electron chi connectivity index (χ1n) is 19.2. The van der Waals surface area contributed by atoms with Crippen LogP contribution in [0.4, 0.5) is 46.4 Å². The van der Waals surface area contributed by atoms with E-state index in [4.69, 9.17) is 38.3 Å². The number of carbonyl (C=O) groups is 2. The maximum absolute atomic E-state index is 13.6. The number of halogens is 5. The van der Waals surface area contributed by atoms with Gasteiger partial charge in [-0.1, -0.05) is 11.6 Å². The molecule has 2 aromatic carbocycles. The van der Waals surface area contributed by atoms with Gasteiger partial charge in [0.05, 0.1) is 37.7 Å². The number of aryl methyl sites for hydroxylation is 4. The van der Waals surface area contributed by atoms with Gasteiger partial charge < -0.3 is 41.8 Å². The minimum atomic E-state index is -0.976. The summed E-state index contributed by atoms with van der Waals surface area (Å²) in [5.74, 6) is -2.60. The standard InChI is InChI=1S/C20H21F2N7O2.C14H17ClN6O2.C6H5F2N/c1-11-7-12(2)29(27-11)20-25-17(24-13-3-4-14(21)15(22)8-13)9-18(26-20)28-5-6-31-16(10-28)19(23)30;1-8-5-9(2)21(19-8)14-17-11(15)6-12(18-14)20-3-4-23-10(7-20)13(16)22;7-5-2-1-4(9)3-6(5)8/h3-4,7-9,16H,5-6,10H2,1-2H3,(H2,23,30)(H,24,25,26);5-6,10H,3-4,7H2,1-2H3,(H2,16,22);1-3H,9H2. The fraction of sp³-hybridized carbons (Fsp3) is 0.300. The second kappa shape index (κ2) is 19.9. The number of benzene rings is 2. The highest BCUT2D eigenvalue weighted by Crippen LogP contribution is 2.25. The Labute approximate surface area is 363 Å². The molecule has 6 heterocycles. The van der Waals surface area contributed by atoms with Crippen molar-refractivity contribution in [1.29, 1.82) is 0 Å². The average molecular weight is 895 g/mol. The molecule has 0 saturated carbocycles. The molecule has 7 N–H and O–H groups in total. The summed E-state index contributed by atoms with van der Waals surface area (Å²) in [6.07, 6.45) is -1.42. The number of nitrogen functional groups attached to an aromatic ring is 1. The van der Waals surface area contributed by atoms with Gasteiger partial charge in [0, 0.05) is 54.1 Å². The Morgan fingerprint density at radius 2 is 1.16 bits per heavy atom. The Kier molecular flexibility index (Phi) is 14.4. The van der Waals surface area contributed by atoms with Crippen LogP contribution in [-0.2, 0) is 19.1 Å². The summed E-state index contributed by atoms with van der Waals surface area (Å²) in [6, 6.07) is 13.8. The van der Waals surface area contributed by atoms with Gasteiger partial charge in [-0.05, 0) is 70.2 Å². The number of aromatic nitrogens is 8. The molecule has 2 fully saturated rings. The van der Waals surface area contributed by atoms with Gasteiger partial charge in [0.15, 0.2) is 35.5 Å². The highest BCUT2D eigenvalue weighted by atomic mass is 35.5. The monoisotopic (exact) mass is 894 g/mol. The van der Waals surface area contributed by atoms with Crippen LogP contribution in [0.1, 0.15) is 22.8 Å². The first-order chi connectivity index (χ1) is 29.9. The zero-order valence-corrected chi connectivity index (χ0v) is 35.2. The van der Waals surface area contributed by atoms with E-state index in [0.717, 1.165) is 47.0 Å². The fourth-order valence-corrected chi connectivity index (χ4v) is 6.52. The second-order valence-electron chi connectivity index (χ2n) is 14.3. The maximum atomic E-state index is 13.6. The molecule has 0 bridgehead atoms. The molecular weight excluding hydrogens is 852 g/mol. The van der Waals surface area contributed by atoms with Crippen LogP contribution in [0, 0.1) is 51.0 Å². The van der Waals surface area contributed by atoms with Gasteiger partial charge in [-0.15, -0.1) is 0 Å². The van der Waals surface area contributed by atoms with Crippen molar-refractivity contribution >= 4 is 52.2 Å². The Hall–Kier alpha value is -6.91. The molecule has 23 heteroatoms. The first kappa shape index (κ1) is 45.6. The van der Waals surface area contributed by atoms with E-state index in [2.05, 4.69) is 35.5 Å². The number of hydrogen-bond donors (Lipinski definition) is 4. The van der Waals surface area contributed by atoms with Crippen LogP contribution in [0.15, 0.2) is 60.7 Å². The summed E-state index contributed by atoms with van der Waals surface area (Å²) in [6.45, 7) is 9.88. The third-order valence-electron chi connectivity index (χ3n) is 9.32. The number of nitrogens with two attached hydrogens (primary N) is 3. The summed E-state index contributed by atoms with van der Waals surface area (Å²) >= 11 is 6.14. The van der Waals surface area contributed by atoms with E-state index >= 15 is 0 Å². The van der Waals surface area contributed by atoms with E-state index in [1.807, 2.05) is 49.6 Å². The maximum Gasteiger partial charge on any atom is 0.254 e. The lowest BCUT2D eigenvalue weighted by molar-refractivity contribution is -0.130. The van der Waals surface area contributed by atoms with E-state index in [1.54, 1.807) is 21.5 Å². The van der Waals surface area contributed by atoms with Gasteiger partial charge in [-0.2, -0.15) is 30.1 Å². The zero-order valence-electron chi connectivity index (χ0n) is 34.4. The summed E-state index contributed by atoms with van der Waals surface area (Å²) in [7, 11) is 0. The second-order valence-corrected chi connectivity index (χ2v) is 14.7. The largest absolute Gasteiger partial charge is 0.399 e. The van der Waals surface area contributed by atoms with Crippen LogP contribution < -0.4 is 32.3 Å². The lowest BCUT2D eigenvalue weighted by Gasteiger charge is -2.32. The number of amides is 2. The molecule has 8 rings (SSSR count). The molecule has 4 aromatic heterocycles. The molecule has 2 atom stereocenters. The van der Waals surface area contributed by atoms with Gasteiger partial charge in [0.25, 0.3) is 11.9 Å². The van der Waals surface area contributed by atoms with Crippen molar-refractivity contribution < 1.29 is 36.6 Å². The Bertz CT molecular complexity index is 2610. The van der Waals surface area contributed by atoms with Crippen LogP contribution in [0.5, 0.6) is 0 Å². The first-order valence-corrected chi connectivity index (χ1v) is 19.6. The number of morpholine rings is 2. The molecule has 18 nitrogen and oxygen atoms in total. The van der Waals surface area contributed by atoms with Crippen LogP contribution in [-0.4, -0.2) is 103 Å². The van der Waals surface area contributed by atoms with Crippen molar-refractivity contribution in [2.24, 2.45) is 11.5 Å². The normalized spacial score (nSPS) is 16.1. The minimum absolute atomic E-state index is 0.230. The molecule has 0 spiro atoms. The van der Waals surface area contributed by atoms with E-state index in [9.17, 15) is 27.2 Å². The number of primary amides is 2. The molecule has 0 radical (unpaired) electrons. The number of anilines is 5. The molecule has 2 saturated heterocycles. The number of nitrogens with one attached hydrogen (secondary N) is 1. The molecule has 6 aromatic rings. The quantitative estimate of drug-likeness (QED) is 0.0955. The molecular formula is C40H43ClF4N14O4. The van der Waals surface area contributed by atoms with Crippen LogP contribution in [0.3, 0.4) is 0 Å². The van der Waals surface area contributed by atoms with Crippen LogP contribution >= 0.6 is 11.6 Å². The summed E-state index contributed by atoms with van der Waals surface area (Å²) < 4.78 is 65.1. The SMILES string of the molecule is Cc1cc(C)n(-c2nc(Cl)cc(N3CCOC(C(N)=O)C3)n2)n1.Cc1cc(C)n(-c2nc(Nc3ccc(F)c(F)c3)cc(N3CCOC(C(N)=O)C3)n2)n1.Nc1ccc(F)c(F)c1. The Balaban J connectivity index is 0.000000180. The van der Waals surface area contributed by atoms with Gasteiger partial charge in [0.2, 0.25) is 11.8 Å². The molecule has 63 heavy (non-hydrogen) atoms. The van der Waals surface area contributed by atoms with Crippen LogP contribution in [0.2, 0.25) is 5.15 Å². The van der Waals surface area contributed by atoms with E-state index in [1.165, 1.54) is 12.1 Å². The predicted octanol–water partition coefficient (Wildman–Crippen LogP) is 4.16. The van der Waals surface area contributed by atoms with Crippen molar-refractivity contribution in [2.75, 3.05) is 60.2 Å². The smallest absolute Gasteiger partial charge is 0.254 e. The molecule has 2 amide bonds. The number of carbonyl (C=O) groups excluding carboxylic acids is 2. The summed E-state index contributed by atoms with van der Waals surface area (Å²) in [5.41, 5.74) is 19.8. The molecule has 0 aliphatic carbocycles. The van der Waals surface area contributed by atoms with Gasteiger partial charge in [0.1, 0.15) is 22.6 Å². The zero-order chi connectivity index (χ0) is 45.5. The molecule has 2 unspecified atom stereocenters. The van der Waals surface area contributed by atoms with Gasteiger partial charge in [-0.25, -0.2) is 26.9 Å². The van der Waals surface area contributed by atoms with Crippen LogP contribution in [0.25, 0.3) is 11.9 Å². The predicted molar refractivity (Wildman–Crippen MR) is 225 cm³/mol. The van der Waals surface area contributed by atoms with E-state index < -0.39 is 47.3 Å². The van der Waals surface area contributed by atoms with Crippen molar-refractivity contribution in [2.45, 2.75) is 39.9 Å². The number of nitrogens with zero attached hydrogens (tertiary/aromatic N) is 10. The van der Waals surface area contributed by atoms with Gasteiger partial charge in [-0.3, -0.25) is 9.59 Å². The van der Waals surface area contributed by atoms with E-state index in [-0.39, 0.29) is 18.2 Å². The highest BCUT2D eigenvalue weighted by Gasteiger charge is 2.28. The number of rotatable bonds is 8. The molecule has 332 valence electrons. The Morgan fingerprint density at radius 1 is 0.667 bits per heavy atom. The lowest BCUT2D eigenvalue weighted by Crippen LogP contribution is -2.48. The Morgan fingerprint density at radius 3 is 1.62 bits per heavy atom. The topological polar surface area (TPSA) is 236 Å². The third kappa shape index (κ3) is 11.7. The summed E-state index contributed by atoms with van der Waals surface area (Å²) in [5, 5.41) is 12.1. The van der Waals surface area contributed by atoms with E-state index in [0.29, 0.717) is 67.1 Å². The molecule has 2 aliphatic rings.